The van der Waals surface area contributed by atoms with Crippen LogP contribution in [0.3, 0.4) is 0 Å². The van der Waals surface area contributed by atoms with Gasteiger partial charge in [0.1, 0.15) is 0 Å². The molecule has 0 fully saturated rings. The lowest BCUT2D eigenvalue weighted by molar-refractivity contribution is 0.553. The van der Waals surface area contributed by atoms with Crippen molar-refractivity contribution in [3.8, 4) is 0 Å². The van der Waals surface area contributed by atoms with Gasteiger partial charge in [0.2, 0.25) is 0 Å². The van der Waals surface area contributed by atoms with Gasteiger partial charge in [-0.2, -0.15) is 0 Å². The van der Waals surface area contributed by atoms with Crippen LogP contribution in [0, 0.1) is 0 Å². The summed E-state index contributed by atoms with van der Waals surface area (Å²) < 4.78 is 0. The van der Waals surface area contributed by atoms with Gasteiger partial charge in [0.15, 0.2) is 0 Å². The molecule has 0 saturated carbocycles. The Balaban J connectivity index is 2.29. The van der Waals surface area contributed by atoms with E-state index in [9.17, 15) is 0 Å². The fraction of sp³-hybridized carbons (Fsp3) is 0.385. The molecule has 0 atom stereocenters. The van der Waals surface area contributed by atoms with Crippen LogP contribution in [0.4, 0.5) is 5.69 Å². The molecular formula is C13H17ClN2. The van der Waals surface area contributed by atoms with Gasteiger partial charge in [-0.15, -0.1) is 0 Å². The Morgan fingerprint density at radius 2 is 2.19 bits per heavy atom. The summed E-state index contributed by atoms with van der Waals surface area (Å²) >= 11 is 6.03. The van der Waals surface area contributed by atoms with Crippen molar-refractivity contribution >= 4 is 17.3 Å². The molecule has 1 aromatic rings. The van der Waals surface area contributed by atoms with Gasteiger partial charge in [-0.05, 0) is 48.4 Å². The highest BCUT2D eigenvalue weighted by Crippen LogP contribution is 2.27. The van der Waals surface area contributed by atoms with Gasteiger partial charge in [-0.3, -0.25) is 0 Å². The van der Waals surface area contributed by atoms with Gasteiger partial charge < -0.3 is 10.2 Å². The normalized spacial score (nSPS) is 17.6. The molecule has 0 radical (unpaired) electrons. The molecule has 0 aromatic heterocycles. The molecule has 0 saturated heterocycles. The van der Waals surface area contributed by atoms with Crippen LogP contribution in [0.2, 0.25) is 5.02 Å². The van der Waals surface area contributed by atoms with Gasteiger partial charge in [0.25, 0.3) is 0 Å². The summed E-state index contributed by atoms with van der Waals surface area (Å²) in [6, 6.07) is 6.06. The molecule has 0 amide bonds. The van der Waals surface area contributed by atoms with Crippen molar-refractivity contribution in [2.45, 2.75) is 12.8 Å². The van der Waals surface area contributed by atoms with Gasteiger partial charge >= 0.3 is 0 Å². The van der Waals surface area contributed by atoms with E-state index in [1.807, 2.05) is 6.07 Å². The fourth-order valence-corrected chi connectivity index (χ4v) is 2.24. The summed E-state index contributed by atoms with van der Waals surface area (Å²) in [6.07, 6.45) is 4.28. The molecule has 1 N–H and O–H groups in total. The Morgan fingerprint density at radius 1 is 1.38 bits per heavy atom. The third-order valence-electron chi connectivity index (χ3n) is 2.69. The zero-order valence-electron chi connectivity index (χ0n) is 9.76. The number of fused-ring (bicyclic) bond motifs is 1. The van der Waals surface area contributed by atoms with E-state index in [1.54, 1.807) is 0 Å². The SMILES string of the molecule is CN(C)C=C1CCNc2ccc(Cl)cc2C1. The van der Waals surface area contributed by atoms with Crippen LogP contribution in [0.1, 0.15) is 12.0 Å². The minimum absolute atomic E-state index is 0.812. The first-order valence-corrected chi connectivity index (χ1v) is 5.91. The molecule has 2 rings (SSSR count). The third kappa shape index (κ3) is 2.70. The van der Waals surface area contributed by atoms with Crippen molar-refractivity contribution in [1.82, 2.24) is 4.90 Å². The van der Waals surface area contributed by atoms with Crippen molar-refractivity contribution in [2.75, 3.05) is 26.0 Å². The van der Waals surface area contributed by atoms with E-state index >= 15 is 0 Å². The number of anilines is 1. The molecule has 1 aliphatic heterocycles. The topological polar surface area (TPSA) is 15.3 Å². The van der Waals surface area contributed by atoms with Gasteiger partial charge in [0.05, 0.1) is 0 Å². The third-order valence-corrected chi connectivity index (χ3v) is 2.92. The molecule has 0 unspecified atom stereocenters. The highest BCUT2D eigenvalue weighted by atomic mass is 35.5. The van der Waals surface area contributed by atoms with E-state index in [4.69, 9.17) is 11.6 Å². The lowest BCUT2D eigenvalue weighted by Crippen LogP contribution is -2.05. The minimum Gasteiger partial charge on any atom is -0.384 e. The Morgan fingerprint density at radius 3 is 2.94 bits per heavy atom. The van der Waals surface area contributed by atoms with E-state index < -0.39 is 0 Å². The largest absolute Gasteiger partial charge is 0.384 e. The number of hydrogen-bond acceptors (Lipinski definition) is 2. The summed E-state index contributed by atoms with van der Waals surface area (Å²) in [6.45, 7) is 0.994. The van der Waals surface area contributed by atoms with Crippen LogP contribution >= 0.6 is 11.6 Å². The number of rotatable bonds is 1. The van der Waals surface area contributed by atoms with E-state index in [2.05, 4.69) is 42.6 Å². The number of benzene rings is 1. The zero-order chi connectivity index (χ0) is 11.5. The summed E-state index contributed by atoms with van der Waals surface area (Å²) in [4.78, 5) is 2.10. The standard InChI is InChI=1S/C13H17ClN2/c1-16(2)9-10-5-6-15-13-4-3-12(14)8-11(13)7-10/h3-4,8-9,15H,5-7H2,1-2H3. The molecule has 1 heterocycles. The zero-order valence-corrected chi connectivity index (χ0v) is 10.5. The Kier molecular flexibility index (Phi) is 3.39. The van der Waals surface area contributed by atoms with Gasteiger partial charge in [0, 0.05) is 31.4 Å². The summed E-state index contributed by atoms with van der Waals surface area (Å²) in [5.41, 5.74) is 3.95. The van der Waals surface area contributed by atoms with Crippen molar-refractivity contribution in [1.29, 1.82) is 0 Å². The lowest BCUT2D eigenvalue weighted by Gasteiger charge is -2.10. The predicted octanol–water partition coefficient (Wildman–Crippen LogP) is 3.14. The smallest absolute Gasteiger partial charge is 0.0410 e. The molecule has 0 aliphatic carbocycles. The highest BCUT2D eigenvalue weighted by molar-refractivity contribution is 6.30. The maximum atomic E-state index is 6.03. The average Bonchev–Trinajstić information content (AvgIpc) is 2.37. The minimum atomic E-state index is 0.812. The monoisotopic (exact) mass is 236 g/mol. The van der Waals surface area contributed by atoms with Crippen LogP contribution in [0.5, 0.6) is 0 Å². The maximum Gasteiger partial charge on any atom is 0.0410 e. The summed E-state index contributed by atoms with van der Waals surface area (Å²) in [5.74, 6) is 0. The van der Waals surface area contributed by atoms with Gasteiger partial charge in [-0.25, -0.2) is 0 Å². The average molecular weight is 237 g/mol. The van der Waals surface area contributed by atoms with E-state index in [1.165, 1.54) is 16.8 Å². The Bertz CT molecular complexity index is 410. The molecule has 1 aromatic carbocycles. The summed E-state index contributed by atoms with van der Waals surface area (Å²) in [5, 5.41) is 4.25. The van der Waals surface area contributed by atoms with E-state index in [-0.39, 0.29) is 0 Å². The fourth-order valence-electron chi connectivity index (χ4n) is 2.05. The van der Waals surface area contributed by atoms with Crippen LogP contribution in [0.15, 0.2) is 30.0 Å². The number of hydrogen-bond donors (Lipinski definition) is 1. The van der Waals surface area contributed by atoms with Crippen molar-refractivity contribution in [3.63, 3.8) is 0 Å². The molecule has 0 spiro atoms. The van der Waals surface area contributed by atoms with Gasteiger partial charge in [-0.1, -0.05) is 11.6 Å². The number of nitrogens with zero attached hydrogens (tertiary/aromatic N) is 1. The second-order valence-corrected chi connectivity index (χ2v) is 4.84. The molecule has 86 valence electrons. The first kappa shape index (κ1) is 11.3. The van der Waals surface area contributed by atoms with Crippen molar-refractivity contribution < 1.29 is 0 Å². The second kappa shape index (κ2) is 4.79. The molecular weight excluding hydrogens is 220 g/mol. The molecule has 1 aliphatic rings. The Hall–Kier alpha value is -1.15. The van der Waals surface area contributed by atoms with Crippen LogP contribution < -0.4 is 5.32 Å². The highest BCUT2D eigenvalue weighted by Gasteiger charge is 2.11. The number of halogens is 1. The first-order valence-electron chi connectivity index (χ1n) is 5.53. The van der Waals surface area contributed by atoms with Crippen LogP contribution in [-0.2, 0) is 6.42 Å². The lowest BCUT2D eigenvalue weighted by atomic mass is 10.0. The molecule has 16 heavy (non-hydrogen) atoms. The van der Waals surface area contributed by atoms with Crippen molar-refractivity contribution in [2.24, 2.45) is 0 Å². The maximum absolute atomic E-state index is 6.03. The molecule has 3 heteroatoms. The Labute approximate surface area is 102 Å². The van der Waals surface area contributed by atoms with E-state index in [0.717, 1.165) is 24.4 Å². The first-order chi connectivity index (χ1) is 7.65. The quantitative estimate of drug-likeness (QED) is 0.806. The second-order valence-electron chi connectivity index (χ2n) is 4.41. The summed E-state index contributed by atoms with van der Waals surface area (Å²) in [7, 11) is 4.12. The van der Waals surface area contributed by atoms with Crippen LogP contribution in [-0.4, -0.2) is 25.5 Å². The molecule has 2 nitrogen and oxygen atoms in total. The van der Waals surface area contributed by atoms with E-state index in [0.29, 0.717) is 0 Å². The van der Waals surface area contributed by atoms with Crippen LogP contribution in [0.25, 0.3) is 0 Å². The molecule has 0 bridgehead atoms. The van der Waals surface area contributed by atoms with Crippen molar-refractivity contribution in [3.05, 3.63) is 40.6 Å². The predicted molar refractivity (Wildman–Crippen MR) is 70.0 cm³/mol. The number of nitrogens with one attached hydrogen (secondary N) is 1.